The topological polar surface area (TPSA) is 192 Å². The standard InChI is InChI=1S/C41H81O12P/c1-3-5-7-9-11-12-13-14-15-16-17-18-19-20-21-22-23-25-27-29-31-50-32-34(52-35(42)30-28-26-24-10-8-6-4-2)33-51-54(48,49)53-41-39(46)37(44)36(43)38(45)40(41)47/h34,36-41,43-47H,3-33H2,1-2H3,(H,48,49)/t34-,36?,37-,38?,39?,40?,41?/m1/s1. The Morgan fingerprint density at radius 1 is 0.519 bits per heavy atom. The van der Waals surface area contributed by atoms with E-state index in [4.69, 9.17) is 18.5 Å². The molecule has 0 bridgehead atoms. The van der Waals surface area contributed by atoms with E-state index in [0.717, 1.165) is 44.9 Å². The molecule has 6 N–H and O–H groups in total. The number of rotatable bonds is 37. The SMILES string of the molecule is CCCCCCCCCCCCCCCCCCCCCCOC[C@H](COP(=O)(O)OC1C(O)C(O)C(O)[C@@H](O)C1O)OC(=O)CCCCCCCCC. The van der Waals surface area contributed by atoms with Crippen LogP contribution in [0.5, 0.6) is 0 Å². The molecule has 0 radical (unpaired) electrons. The summed E-state index contributed by atoms with van der Waals surface area (Å²) in [5.41, 5.74) is 0. The predicted molar refractivity (Wildman–Crippen MR) is 212 cm³/mol. The fraction of sp³-hybridized carbons (Fsp3) is 0.976. The minimum atomic E-state index is -5.00. The lowest BCUT2D eigenvalue weighted by molar-refractivity contribution is -0.220. The van der Waals surface area contributed by atoms with Crippen molar-refractivity contribution < 1.29 is 58.3 Å². The number of esters is 1. The van der Waals surface area contributed by atoms with E-state index in [1.165, 1.54) is 122 Å². The Hall–Kier alpha value is -0.660. The van der Waals surface area contributed by atoms with Crippen molar-refractivity contribution in [1.29, 1.82) is 0 Å². The number of phosphoric ester groups is 1. The number of hydrogen-bond donors (Lipinski definition) is 6. The van der Waals surface area contributed by atoms with Crippen molar-refractivity contribution in [3.8, 4) is 0 Å². The normalized spacial score (nSPS) is 23.3. The Balaban J connectivity index is 2.29. The third kappa shape index (κ3) is 25.6. The minimum Gasteiger partial charge on any atom is -0.457 e. The summed E-state index contributed by atoms with van der Waals surface area (Å²) in [5.74, 6) is -0.480. The molecule has 0 heterocycles. The maximum absolute atomic E-state index is 12.7. The molecule has 54 heavy (non-hydrogen) atoms. The van der Waals surface area contributed by atoms with Crippen LogP contribution in [0.2, 0.25) is 0 Å². The zero-order valence-corrected chi connectivity index (χ0v) is 34.9. The van der Waals surface area contributed by atoms with Crippen LogP contribution in [0.15, 0.2) is 0 Å². The maximum atomic E-state index is 12.7. The molecule has 12 nitrogen and oxygen atoms in total. The summed E-state index contributed by atoms with van der Waals surface area (Å²) in [4.78, 5) is 22.9. The average Bonchev–Trinajstić information content (AvgIpc) is 3.15. The van der Waals surface area contributed by atoms with Gasteiger partial charge in [0.1, 0.15) is 42.7 Å². The first-order chi connectivity index (χ1) is 26.0. The third-order valence-corrected chi connectivity index (χ3v) is 11.5. The molecule has 0 aromatic heterocycles. The summed E-state index contributed by atoms with van der Waals surface area (Å²) in [6, 6.07) is 0. The molecule has 1 aliphatic rings. The molecule has 0 spiro atoms. The number of carbonyl (C=O) groups excluding carboxylic acids is 1. The van der Waals surface area contributed by atoms with Gasteiger partial charge < -0.3 is 39.9 Å². The van der Waals surface area contributed by atoms with Crippen LogP contribution in [-0.4, -0.2) is 98.9 Å². The van der Waals surface area contributed by atoms with Gasteiger partial charge in [0, 0.05) is 13.0 Å². The lowest BCUT2D eigenvalue weighted by Crippen LogP contribution is -2.64. The van der Waals surface area contributed by atoms with Gasteiger partial charge in [-0.25, -0.2) is 4.57 Å². The second kappa shape index (κ2) is 33.3. The first kappa shape index (κ1) is 51.4. The van der Waals surface area contributed by atoms with Crippen LogP contribution in [0.25, 0.3) is 0 Å². The Morgan fingerprint density at radius 2 is 0.870 bits per heavy atom. The fourth-order valence-electron chi connectivity index (χ4n) is 6.94. The fourth-order valence-corrected chi connectivity index (χ4v) is 7.92. The van der Waals surface area contributed by atoms with Crippen molar-refractivity contribution in [1.82, 2.24) is 0 Å². The number of phosphoric acid groups is 1. The molecule has 1 rings (SSSR count). The average molecular weight is 797 g/mol. The van der Waals surface area contributed by atoms with Crippen molar-refractivity contribution in [2.45, 2.75) is 236 Å². The Morgan fingerprint density at radius 3 is 1.28 bits per heavy atom. The molecule has 0 aromatic carbocycles. The highest BCUT2D eigenvalue weighted by molar-refractivity contribution is 7.47. The molecule has 1 aliphatic carbocycles. The van der Waals surface area contributed by atoms with E-state index in [1.54, 1.807) is 0 Å². The van der Waals surface area contributed by atoms with Gasteiger partial charge in [-0.2, -0.15) is 0 Å². The van der Waals surface area contributed by atoms with Crippen LogP contribution < -0.4 is 0 Å². The molecule has 1 fully saturated rings. The summed E-state index contributed by atoms with van der Waals surface area (Å²) in [5, 5.41) is 50.0. The molecule has 13 heteroatoms. The quantitative estimate of drug-likeness (QED) is 0.0201. The number of hydrogen-bond acceptors (Lipinski definition) is 11. The van der Waals surface area contributed by atoms with E-state index < -0.39 is 63.1 Å². The monoisotopic (exact) mass is 797 g/mol. The Labute approximate surface area is 327 Å². The van der Waals surface area contributed by atoms with Crippen molar-refractivity contribution in [2.24, 2.45) is 0 Å². The van der Waals surface area contributed by atoms with E-state index in [0.29, 0.717) is 13.0 Å². The van der Waals surface area contributed by atoms with Crippen LogP contribution >= 0.6 is 7.82 Å². The number of aliphatic hydroxyl groups is 5. The van der Waals surface area contributed by atoms with Crippen molar-refractivity contribution in [3.63, 3.8) is 0 Å². The van der Waals surface area contributed by atoms with Crippen LogP contribution in [0.3, 0.4) is 0 Å². The van der Waals surface area contributed by atoms with Gasteiger partial charge in [-0.15, -0.1) is 0 Å². The van der Waals surface area contributed by atoms with E-state index >= 15 is 0 Å². The molecule has 1 saturated carbocycles. The Kier molecular flexibility index (Phi) is 31.7. The van der Waals surface area contributed by atoms with Crippen LogP contribution in [0.4, 0.5) is 0 Å². The van der Waals surface area contributed by atoms with E-state index in [1.807, 2.05) is 0 Å². The molecule has 0 aliphatic heterocycles. The zero-order chi connectivity index (χ0) is 39.9. The lowest BCUT2D eigenvalue weighted by Gasteiger charge is -2.41. The number of ether oxygens (including phenoxy) is 2. The summed E-state index contributed by atoms with van der Waals surface area (Å²) in [7, 11) is -5.00. The summed E-state index contributed by atoms with van der Waals surface area (Å²) in [6.07, 6.45) is 20.7. The van der Waals surface area contributed by atoms with E-state index in [-0.39, 0.29) is 13.0 Å². The van der Waals surface area contributed by atoms with Crippen LogP contribution in [-0.2, 0) is 27.9 Å². The Bertz CT molecular complexity index is 911. The highest BCUT2D eigenvalue weighted by Crippen LogP contribution is 2.47. The van der Waals surface area contributed by atoms with Gasteiger partial charge in [-0.3, -0.25) is 13.8 Å². The van der Waals surface area contributed by atoms with Crippen LogP contribution in [0, 0.1) is 0 Å². The number of unbranched alkanes of at least 4 members (excludes halogenated alkanes) is 25. The van der Waals surface area contributed by atoms with Gasteiger partial charge in [0.25, 0.3) is 0 Å². The van der Waals surface area contributed by atoms with Crippen LogP contribution in [0.1, 0.15) is 194 Å². The van der Waals surface area contributed by atoms with Gasteiger partial charge in [-0.1, -0.05) is 174 Å². The maximum Gasteiger partial charge on any atom is 0.472 e. The zero-order valence-electron chi connectivity index (χ0n) is 34.0. The largest absolute Gasteiger partial charge is 0.472 e. The lowest BCUT2D eigenvalue weighted by atomic mass is 9.85. The van der Waals surface area contributed by atoms with Crippen molar-refractivity contribution in [3.05, 3.63) is 0 Å². The first-order valence-electron chi connectivity index (χ1n) is 21.9. The number of aliphatic hydroxyl groups excluding tert-OH is 5. The highest BCUT2D eigenvalue weighted by Gasteiger charge is 2.51. The predicted octanol–water partition coefficient (Wildman–Crippen LogP) is 8.20. The van der Waals surface area contributed by atoms with Gasteiger partial charge in [-0.05, 0) is 12.8 Å². The van der Waals surface area contributed by atoms with E-state index in [9.17, 15) is 39.8 Å². The minimum absolute atomic E-state index is 0.0693. The molecule has 0 amide bonds. The second-order valence-electron chi connectivity index (χ2n) is 15.6. The number of carbonyl (C=O) groups is 1. The molecule has 322 valence electrons. The van der Waals surface area contributed by atoms with Gasteiger partial charge in [0.15, 0.2) is 0 Å². The molecule has 8 atom stereocenters. The van der Waals surface area contributed by atoms with Gasteiger partial charge in [0.2, 0.25) is 0 Å². The smallest absolute Gasteiger partial charge is 0.457 e. The second-order valence-corrected chi connectivity index (χ2v) is 17.0. The highest BCUT2D eigenvalue weighted by atomic mass is 31.2. The van der Waals surface area contributed by atoms with Gasteiger partial charge in [0.05, 0.1) is 13.2 Å². The summed E-state index contributed by atoms with van der Waals surface area (Å²) >= 11 is 0. The third-order valence-electron chi connectivity index (χ3n) is 10.5. The molecule has 0 saturated heterocycles. The summed E-state index contributed by atoms with van der Waals surface area (Å²) < 4.78 is 34.0. The van der Waals surface area contributed by atoms with Crippen molar-refractivity contribution >= 4 is 13.8 Å². The summed E-state index contributed by atoms with van der Waals surface area (Å²) in [6.45, 7) is 4.22. The molecule has 0 aromatic rings. The molecule has 6 unspecified atom stereocenters. The first-order valence-corrected chi connectivity index (χ1v) is 23.4. The van der Waals surface area contributed by atoms with Crippen molar-refractivity contribution in [2.75, 3.05) is 19.8 Å². The molecular formula is C41H81O12P. The van der Waals surface area contributed by atoms with Gasteiger partial charge >= 0.3 is 13.8 Å². The molecular weight excluding hydrogens is 715 g/mol. The van der Waals surface area contributed by atoms with E-state index in [2.05, 4.69) is 13.8 Å².